The summed E-state index contributed by atoms with van der Waals surface area (Å²) in [5.74, 6) is 2.18. The first kappa shape index (κ1) is 15.1. The van der Waals surface area contributed by atoms with E-state index in [-0.39, 0.29) is 24.7 Å². The van der Waals surface area contributed by atoms with E-state index in [4.69, 9.17) is 6.42 Å². The number of alkyl halides is 2. The number of nitrogens with one attached hydrogen (secondary N) is 1. The lowest BCUT2D eigenvalue weighted by molar-refractivity contribution is -0.119. The zero-order valence-electron chi connectivity index (χ0n) is 11.4. The normalized spacial score (nSPS) is 13.5. The third-order valence-corrected chi connectivity index (χ3v) is 3.21. The molecule has 112 valence electrons. The standard InChI is InChI=1S/C15H16F2N2O2/c1-2-8-18-13(20)10-19-9-4-6-11-5-3-7-12(14(11)19)21-15(16)17/h1,3,5,7,15H,4,6,8-10H2,(H,18,20). The monoisotopic (exact) mass is 294 g/mol. The molecule has 0 atom stereocenters. The summed E-state index contributed by atoms with van der Waals surface area (Å²) in [5.41, 5.74) is 1.48. The maximum atomic E-state index is 12.5. The number of nitrogens with zero attached hydrogens (tertiary/aromatic N) is 1. The second kappa shape index (κ2) is 6.93. The lowest BCUT2D eigenvalue weighted by Crippen LogP contribution is -2.40. The van der Waals surface area contributed by atoms with E-state index in [0.29, 0.717) is 12.2 Å². The number of benzene rings is 1. The van der Waals surface area contributed by atoms with Gasteiger partial charge in [-0.05, 0) is 24.5 Å². The molecule has 0 aliphatic carbocycles. The summed E-state index contributed by atoms with van der Waals surface area (Å²) in [5, 5.41) is 2.56. The van der Waals surface area contributed by atoms with Crippen LogP contribution >= 0.6 is 0 Å². The summed E-state index contributed by atoms with van der Waals surface area (Å²) in [6, 6.07) is 5.03. The van der Waals surface area contributed by atoms with Crippen LogP contribution in [0.5, 0.6) is 5.75 Å². The van der Waals surface area contributed by atoms with Gasteiger partial charge in [-0.3, -0.25) is 4.79 Å². The summed E-state index contributed by atoms with van der Waals surface area (Å²) in [4.78, 5) is 13.5. The minimum absolute atomic E-state index is 0.0677. The molecular formula is C15H16F2N2O2. The Hall–Kier alpha value is -2.29. The second-order valence-electron chi connectivity index (χ2n) is 4.65. The molecule has 1 aromatic carbocycles. The van der Waals surface area contributed by atoms with E-state index >= 15 is 0 Å². The minimum atomic E-state index is -2.89. The number of amides is 1. The van der Waals surface area contributed by atoms with Crippen LogP contribution in [0.25, 0.3) is 0 Å². The SMILES string of the molecule is C#CCNC(=O)CN1CCCc2cccc(OC(F)F)c21. The molecule has 0 saturated heterocycles. The van der Waals surface area contributed by atoms with E-state index in [9.17, 15) is 13.6 Å². The quantitative estimate of drug-likeness (QED) is 0.842. The van der Waals surface area contributed by atoms with Crippen molar-refractivity contribution in [1.29, 1.82) is 0 Å². The van der Waals surface area contributed by atoms with Gasteiger partial charge in [0.05, 0.1) is 18.8 Å². The highest BCUT2D eigenvalue weighted by molar-refractivity contribution is 5.83. The number of terminal acetylenes is 1. The second-order valence-corrected chi connectivity index (χ2v) is 4.65. The van der Waals surface area contributed by atoms with Crippen LogP contribution < -0.4 is 15.0 Å². The Morgan fingerprint density at radius 2 is 2.33 bits per heavy atom. The molecule has 0 fully saturated rings. The summed E-state index contributed by atoms with van der Waals surface area (Å²) in [7, 11) is 0. The Balaban J connectivity index is 2.20. The van der Waals surface area contributed by atoms with E-state index in [1.54, 1.807) is 11.0 Å². The van der Waals surface area contributed by atoms with E-state index in [2.05, 4.69) is 16.0 Å². The molecule has 2 rings (SSSR count). The summed E-state index contributed by atoms with van der Waals surface area (Å²) < 4.78 is 29.6. The molecule has 1 amide bonds. The molecule has 1 aliphatic rings. The minimum Gasteiger partial charge on any atom is -0.433 e. The molecular weight excluding hydrogens is 278 g/mol. The van der Waals surface area contributed by atoms with Gasteiger partial charge in [-0.25, -0.2) is 0 Å². The van der Waals surface area contributed by atoms with Crippen molar-refractivity contribution in [3.05, 3.63) is 23.8 Å². The number of ether oxygens (including phenoxy) is 1. The molecule has 1 aliphatic heterocycles. The fourth-order valence-corrected chi connectivity index (χ4v) is 2.43. The summed E-state index contributed by atoms with van der Waals surface area (Å²) in [6.45, 7) is -2.07. The molecule has 1 heterocycles. The van der Waals surface area contributed by atoms with Gasteiger partial charge in [-0.2, -0.15) is 8.78 Å². The van der Waals surface area contributed by atoms with Crippen molar-refractivity contribution in [2.75, 3.05) is 24.5 Å². The highest BCUT2D eigenvalue weighted by Gasteiger charge is 2.24. The third kappa shape index (κ3) is 3.85. The van der Waals surface area contributed by atoms with Gasteiger partial charge in [-0.15, -0.1) is 6.42 Å². The first-order valence-corrected chi connectivity index (χ1v) is 6.63. The highest BCUT2D eigenvalue weighted by Crippen LogP contribution is 2.36. The molecule has 6 heteroatoms. The summed E-state index contributed by atoms with van der Waals surface area (Å²) in [6.07, 6.45) is 6.71. The largest absolute Gasteiger partial charge is 0.433 e. The van der Waals surface area contributed by atoms with E-state index in [1.807, 2.05) is 6.07 Å². The van der Waals surface area contributed by atoms with E-state index in [1.165, 1.54) is 6.07 Å². The maximum Gasteiger partial charge on any atom is 0.387 e. The number of halogens is 2. The van der Waals surface area contributed by atoms with E-state index < -0.39 is 6.61 Å². The Kier molecular flexibility index (Phi) is 4.99. The lowest BCUT2D eigenvalue weighted by Gasteiger charge is -2.32. The number of para-hydroxylation sites is 1. The third-order valence-electron chi connectivity index (χ3n) is 3.21. The molecule has 4 nitrogen and oxygen atoms in total. The molecule has 0 saturated carbocycles. The van der Waals surface area contributed by atoms with E-state index in [0.717, 1.165) is 18.4 Å². The number of carbonyl (C=O) groups is 1. The van der Waals surface area contributed by atoms with Gasteiger partial charge >= 0.3 is 6.61 Å². The number of hydrogen-bond donors (Lipinski definition) is 1. The Morgan fingerprint density at radius 3 is 3.05 bits per heavy atom. The average Bonchev–Trinajstić information content (AvgIpc) is 2.45. The van der Waals surface area contributed by atoms with Crippen LogP contribution in [0, 0.1) is 12.3 Å². The van der Waals surface area contributed by atoms with Crippen LogP contribution in [0.3, 0.4) is 0 Å². The van der Waals surface area contributed by atoms with Gasteiger partial charge in [0.2, 0.25) is 5.91 Å². The van der Waals surface area contributed by atoms with Gasteiger partial charge < -0.3 is 15.0 Å². The van der Waals surface area contributed by atoms with Crippen LogP contribution in [-0.4, -0.2) is 32.2 Å². The average molecular weight is 294 g/mol. The van der Waals surface area contributed by atoms with Crippen molar-refractivity contribution >= 4 is 11.6 Å². The van der Waals surface area contributed by atoms with Crippen molar-refractivity contribution in [2.45, 2.75) is 19.5 Å². The first-order valence-electron chi connectivity index (χ1n) is 6.63. The molecule has 0 spiro atoms. The Bertz CT molecular complexity index is 555. The number of anilines is 1. The first-order chi connectivity index (χ1) is 10.1. The number of fused-ring (bicyclic) bond motifs is 1. The zero-order valence-corrected chi connectivity index (χ0v) is 11.4. The Morgan fingerprint density at radius 1 is 1.52 bits per heavy atom. The van der Waals surface area contributed by atoms with Gasteiger partial charge in [0.15, 0.2) is 0 Å². The van der Waals surface area contributed by atoms with Crippen LogP contribution in [0.2, 0.25) is 0 Å². The van der Waals surface area contributed by atoms with Crippen LogP contribution in [0.15, 0.2) is 18.2 Å². The lowest BCUT2D eigenvalue weighted by atomic mass is 10.0. The fraction of sp³-hybridized carbons (Fsp3) is 0.400. The van der Waals surface area contributed by atoms with Gasteiger partial charge in [0.1, 0.15) is 5.75 Å². The molecule has 0 bridgehead atoms. The zero-order chi connectivity index (χ0) is 15.2. The molecule has 1 aromatic rings. The van der Waals surface area contributed by atoms with Crippen molar-refractivity contribution in [3.8, 4) is 18.1 Å². The van der Waals surface area contributed by atoms with Crippen LogP contribution in [0.4, 0.5) is 14.5 Å². The highest BCUT2D eigenvalue weighted by atomic mass is 19.3. The Labute approximate surface area is 122 Å². The van der Waals surface area contributed by atoms with Gasteiger partial charge in [-0.1, -0.05) is 18.1 Å². The van der Waals surface area contributed by atoms with Gasteiger partial charge in [0.25, 0.3) is 0 Å². The molecule has 1 N–H and O–H groups in total. The number of rotatable bonds is 5. The van der Waals surface area contributed by atoms with Gasteiger partial charge in [0, 0.05) is 6.54 Å². The topological polar surface area (TPSA) is 41.6 Å². The molecule has 21 heavy (non-hydrogen) atoms. The predicted molar refractivity (Wildman–Crippen MR) is 75.5 cm³/mol. The van der Waals surface area contributed by atoms with Crippen molar-refractivity contribution < 1.29 is 18.3 Å². The predicted octanol–water partition coefficient (Wildman–Crippen LogP) is 1.79. The number of carbonyl (C=O) groups excluding carboxylic acids is 1. The molecule has 0 aromatic heterocycles. The number of hydrogen-bond acceptors (Lipinski definition) is 3. The molecule has 0 unspecified atom stereocenters. The van der Waals surface area contributed by atoms with Crippen LogP contribution in [-0.2, 0) is 11.2 Å². The van der Waals surface area contributed by atoms with Crippen molar-refractivity contribution in [1.82, 2.24) is 5.32 Å². The van der Waals surface area contributed by atoms with Crippen molar-refractivity contribution in [3.63, 3.8) is 0 Å². The number of aryl methyl sites for hydroxylation is 1. The van der Waals surface area contributed by atoms with Crippen LogP contribution in [0.1, 0.15) is 12.0 Å². The summed E-state index contributed by atoms with van der Waals surface area (Å²) >= 11 is 0. The maximum absolute atomic E-state index is 12.5. The molecule has 0 radical (unpaired) electrons. The van der Waals surface area contributed by atoms with Crippen molar-refractivity contribution in [2.24, 2.45) is 0 Å². The smallest absolute Gasteiger partial charge is 0.387 e. The fourth-order valence-electron chi connectivity index (χ4n) is 2.43.